The second kappa shape index (κ2) is 6.85. The average Bonchev–Trinajstić information content (AvgIpc) is 3.11. The SMILES string of the molecule is Cc1ccc(-c2ccc(/C=C3\SC(=S)N(CC(=O)O)C3=O)o2)cc1C. The average molecular weight is 373 g/mol. The molecule has 3 rings (SSSR count). The third-order valence-electron chi connectivity index (χ3n) is 3.86. The van der Waals surface area contributed by atoms with Crippen LogP contribution in [0.15, 0.2) is 39.7 Å². The Morgan fingerprint density at radius 2 is 2.04 bits per heavy atom. The van der Waals surface area contributed by atoms with Crippen molar-refractivity contribution >= 4 is 46.3 Å². The molecule has 25 heavy (non-hydrogen) atoms. The van der Waals surface area contributed by atoms with E-state index in [9.17, 15) is 9.59 Å². The van der Waals surface area contributed by atoms with E-state index in [4.69, 9.17) is 21.7 Å². The van der Waals surface area contributed by atoms with E-state index < -0.39 is 18.4 Å². The maximum absolute atomic E-state index is 12.3. The number of amides is 1. The Bertz CT molecular complexity index is 914. The number of carboxylic acids is 1. The van der Waals surface area contributed by atoms with Crippen molar-refractivity contribution in [1.82, 2.24) is 4.90 Å². The van der Waals surface area contributed by atoms with Gasteiger partial charge in [-0.25, -0.2) is 0 Å². The Kier molecular flexibility index (Phi) is 4.78. The molecule has 2 heterocycles. The fourth-order valence-corrected chi connectivity index (χ4v) is 3.62. The number of aryl methyl sites for hydroxylation is 2. The number of furan rings is 1. The zero-order valence-electron chi connectivity index (χ0n) is 13.6. The molecule has 0 atom stereocenters. The molecule has 1 saturated heterocycles. The molecule has 0 spiro atoms. The quantitative estimate of drug-likeness (QED) is 0.648. The van der Waals surface area contributed by atoms with Gasteiger partial charge < -0.3 is 9.52 Å². The predicted molar refractivity (Wildman–Crippen MR) is 101 cm³/mol. The van der Waals surface area contributed by atoms with Gasteiger partial charge in [0.25, 0.3) is 5.91 Å². The first-order valence-corrected chi connectivity index (χ1v) is 8.72. The van der Waals surface area contributed by atoms with Gasteiger partial charge in [-0.2, -0.15) is 0 Å². The number of thiocarbonyl (C=S) groups is 1. The Hall–Kier alpha value is -2.38. The van der Waals surface area contributed by atoms with Crippen molar-refractivity contribution in [2.75, 3.05) is 6.54 Å². The summed E-state index contributed by atoms with van der Waals surface area (Å²) in [7, 11) is 0. The summed E-state index contributed by atoms with van der Waals surface area (Å²) in [6, 6.07) is 9.67. The summed E-state index contributed by atoms with van der Waals surface area (Å²) >= 11 is 6.14. The van der Waals surface area contributed by atoms with Crippen molar-refractivity contribution in [3.05, 3.63) is 52.1 Å². The van der Waals surface area contributed by atoms with Crippen LogP contribution in [0, 0.1) is 13.8 Å². The number of carbonyl (C=O) groups excluding carboxylic acids is 1. The van der Waals surface area contributed by atoms with Crippen LogP contribution in [0.2, 0.25) is 0 Å². The summed E-state index contributed by atoms with van der Waals surface area (Å²) in [6.07, 6.45) is 1.59. The maximum Gasteiger partial charge on any atom is 0.323 e. The van der Waals surface area contributed by atoms with Gasteiger partial charge in [0.1, 0.15) is 22.4 Å². The van der Waals surface area contributed by atoms with Crippen molar-refractivity contribution in [1.29, 1.82) is 0 Å². The van der Waals surface area contributed by atoms with Crippen molar-refractivity contribution in [2.45, 2.75) is 13.8 Å². The lowest BCUT2D eigenvalue weighted by Crippen LogP contribution is -2.33. The van der Waals surface area contributed by atoms with Gasteiger partial charge in [0.05, 0.1) is 4.91 Å². The van der Waals surface area contributed by atoms with Gasteiger partial charge in [-0.1, -0.05) is 36.1 Å². The number of hydrogen-bond acceptors (Lipinski definition) is 5. The van der Waals surface area contributed by atoms with Crippen LogP contribution in [-0.4, -0.2) is 32.7 Å². The molecule has 1 aliphatic heterocycles. The van der Waals surface area contributed by atoms with E-state index in [0.29, 0.717) is 16.4 Å². The minimum atomic E-state index is -1.10. The van der Waals surface area contributed by atoms with Crippen LogP contribution in [0.5, 0.6) is 0 Å². The van der Waals surface area contributed by atoms with Crippen LogP contribution in [0.3, 0.4) is 0 Å². The fraction of sp³-hybridized carbons (Fsp3) is 0.167. The summed E-state index contributed by atoms with van der Waals surface area (Å²) in [4.78, 5) is 24.5. The Labute approximate surface area is 154 Å². The summed E-state index contributed by atoms with van der Waals surface area (Å²) < 4.78 is 6.04. The van der Waals surface area contributed by atoms with Gasteiger partial charge in [-0.15, -0.1) is 0 Å². The molecule has 0 aliphatic carbocycles. The van der Waals surface area contributed by atoms with E-state index in [1.165, 1.54) is 11.1 Å². The molecule has 1 aromatic carbocycles. The number of carboxylic acid groups (broad SMARTS) is 1. The molecular weight excluding hydrogens is 358 g/mol. The number of hydrogen-bond donors (Lipinski definition) is 1. The molecule has 0 unspecified atom stereocenters. The Morgan fingerprint density at radius 1 is 1.28 bits per heavy atom. The van der Waals surface area contributed by atoms with E-state index >= 15 is 0 Å². The van der Waals surface area contributed by atoms with Crippen molar-refractivity contribution in [2.24, 2.45) is 0 Å². The molecule has 1 amide bonds. The first kappa shape index (κ1) is 17.4. The number of aliphatic carboxylic acids is 1. The Morgan fingerprint density at radius 3 is 2.72 bits per heavy atom. The van der Waals surface area contributed by atoms with Crippen LogP contribution < -0.4 is 0 Å². The van der Waals surface area contributed by atoms with Crippen LogP contribution in [-0.2, 0) is 9.59 Å². The lowest BCUT2D eigenvalue weighted by molar-refractivity contribution is -0.140. The largest absolute Gasteiger partial charge is 0.480 e. The Balaban J connectivity index is 1.84. The smallest absolute Gasteiger partial charge is 0.323 e. The molecule has 0 bridgehead atoms. The van der Waals surface area contributed by atoms with E-state index in [1.54, 1.807) is 12.1 Å². The number of benzene rings is 1. The minimum absolute atomic E-state index is 0.236. The van der Waals surface area contributed by atoms with Crippen LogP contribution >= 0.6 is 24.0 Å². The van der Waals surface area contributed by atoms with Gasteiger partial charge in [-0.3, -0.25) is 14.5 Å². The molecule has 128 valence electrons. The number of carbonyl (C=O) groups is 2. The minimum Gasteiger partial charge on any atom is -0.480 e. The number of thioether (sulfide) groups is 1. The molecule has 5 nitrogen and oxygen atoms in total. The van der Waals surface area contributed by atoms with Gasteiger partial charge in [-0.05, 0) is 43.2 Å². The highest BCUT2D eigenvalue weighted by Gasteiger charge is 2.33. The van der Waals surface area contributed by atoms with Gasteiger partial charge in [0.15, 0.2) is 0 Å². The highest BCUT2D eigenvalue weighted by Crippen LogP contribution is 2.33. The number of nitrogens with zero attached hydrogens (tertiary/aromatic N) is 1. The molecule has 1 aromatic heterocycles. The van der Waals surface area contributed by atoms with Gasteiger partial charge in [0, 0.05) is 11.6 Å². The fourth-order valence-electron chi connectivity index (χ4n) is 2.38. The zero-order chi connectivity index (χ0) is 18.1. The molecule has 7 heteroatoms. The van der Waals surface area contributed by atoms with Gasteiger partial charge >= 0.3 is 5.97 Å². The van der Waals surface area contributed by atoms with Crippen LogP contribution in [0.4, 0.5) is 0 Å². The first-order valence-electron chi connectivity index (χ1n) is 7.50. The number of rotatable bonds is 4. The highest BCUT2D eigenvalue weighted by molar-refractivity contribution is 8.26. The van der Waals surface area contributed by atoms with E-state index in [1.807, 2.05) is 38.1 Å². The topological polar surface area (TPSA) is 70.8 Å². The first-order chi connectivity index (χ1) is 11.8. The monoisotopic (exact) mass is 373 g/mol. The molecular formula is C18H15NO4S2. The van der Waals surface area contributed by atoms with Crippen molar-refractivity contribution in [3.8, 4) is 11.3 Å². The van der Waals surface area contributed by atoms with Crippen LogP contribution in [0.25, 0.3) is 17.4 Å². The third kappa shape index (κ3) is 3.67. The summed E-state index contributed by atoms with van der Waals surface area (Å²) in [6.45, 7) is 3.65. The molecule has 0 radical (unpaired) electrons. The molecule has 2 aromatic rings. The van der Waals surface area contributed by atoms with Crippen LogP contribution in [0.1, 0.15) is 16.9 Å². The molecule has 1 fully saturated rings. The highest BCUT2D eigenvalue weighted by atomic mass is 32.2. The second-order valence-electron chi connectivity index (χ2n) is 5.66. The normalized spacial score (nSPS) is 16.1. The van der Waals surface area contributed by atoms with E-state index in [-0.39, 0.29) is 4.32 Å². The van der Waals surface area contributed by atoms with Gasteiger partial charge in [0.2, 0.25) is 0 Å². The maximum atomic E-state index is 12.3. The summed E-state index contributed by atoms with van der Waals surface area (Å²) in [5.41, 5.74) is 3.34. The standard InChI is InChI=1S/C18H15NO4S2/c1-10-3-4-12(7-11(10)2)14-6-5-13(23-14)8-15-17(22)19(9-16(20)21)18(24)25-15/h3-8H,9H2,1-2H3,(H,20,21)/b15-8-. The van der Waals surface area contributed by atoms with Crippen molar-refractivity contribution in [3.63, 3.8) is 0 Å². The predicted octanol–water partition coefficient (Wildman–Crippen LogP) is 3.85. The summed E-state index contributed by atoms with van der Waals surface area (Å²) in [5.74, 6) is -0.298. The molecule has 1 aliphatic rings. The van der Waals surface area contributed by atoms with E-state index in [2.05, 4.69) is 0 Å². The zero-order valence-corrected chi connectivity index (χ0v) is 15.2. The lowest BCUT2D eigenvalue weighted by Gasteiger charge is -2.09. The lowest BCUT2D eigenvalue weighted by atomic mass is 10.1. The molecule has 1 N–H and O–H groups in total. The summed E-state index contributed by atoms with van der Waals surface area (Å²) in [5, 5.41) is 8.86. The molecule has 0 saturated carbocycles. The third-order valence-corrected chi connectivity index (χ3v) is 5.24. The second-order valence-corrected chi connectivity index (χ2v) is 7.34. The van der Waals surface area contributed by atoms with E-state index in [0.717, 1.165) is 22.2 Å². The van der Waals surface area contributed by atoms with Crippen molar-refractivity contribution < 1.29 is 19.1 Å².